The average molecular weight is 369 g/mol. The summed E-state index contributed by atoms with van der Waals surface area (Å²) in [4.78, 5) is 1.71. The molecule has 0 amide bonds. The van der Waals surface area contributed by atoms with Gasteiger partial charge in [-0.2, -0.15) is 0 Å². The van der Waals surface area contributed by atoms with Crippen molar-refractivity contribution in [1.82, 2.24) is 5.32 Å². The highest BCUT2D eigenvalue weighted by molar-refractivity contribution is 7.80. The van der Waals surface area contributed by atoms with Crippen molar-refractivity contribution in [3.8, 4) is 0 Å². The quantitative estimate of drug-likeness (QED) is 0.683. The Morgan fingerprint density at radius 1 is 0.962 bits per heavy atom. The second-order valence-electron chi connectivity index (χ2n) is 7.11. The molecular formula is C22H30N3S+. The molecule has 3 nitrogen and oxygen atoms in total. The number of hydrogen-bond acceptors (Lipinski definition) is 1. The minimum atomic E-state index is 0.675. The number of anilines is 1. The van der Waals surface area contributed by atoms with Crippen LogP contribution in [0.15, 0.2) is 48.5 Å². The van der Waals surface area contributed by atoms with Gasteiger partial charge in [-0.25, -0.2) is 0 Å². The maximum atomic E-state index is 5.47. The van der Waals surface area contributed by atoms with Gasteiger partial charge in [0.05, 0.1) is 13.1 Å². The Kier molecular flexibility index (Phi) is 7.04. The van der Waals surface area contributed by atoms with Crippen molar-refractivity contribution in [3.63, 3.8) is 0 Å². The van der Waals surface area contributed by atoms with Crippen LogP contribution in [0.2, 0.25) is 0 Å². The normalized spacial score (nSPS) is 14.8. The average Bonchev–Trinajstić information content (AvgIpc) is 2.69. The first-order chi connectivity index (χ1) is 12.7. The van der Waals surface area contributed by atoms with E-state index in [1.165, 1.54) is 49.0 Å². The lowest BCUT2D eigenvalue weighted by molar-refractivity contribution is -0.918. The van der Waals surface area contributed by atoms with E-state index < -0.39 is 0 Å². The summed E-state index contributed by atoms with van der Waals surface area (Å²) >= 11 is 5.47. The minimum absolute atomic E-state index is 0.675. The molecule has 2 aromatic rings. The van der Waals surface area contributed by atoms with E-state index >= 15 is 0 Å². The molecule has 2 aromatic carbocycles. The Labute approximate surface area is 162 Å². The molecule has 1 saturated heterocycles. The number of piperidine rings is 1. The molecule has 1 fully saturated rings. The van der Waals surface area contributed by atoms with Crippen molar-refractivity contribution < 1.29 is 4.90 Å². The van der Waals surface area contributed by atoms with E-state index in [-0.39, 0.29) is 0 Å². The summed E-state index contributed by atoms with van der Waals surface area (Å²) in [6.45, 7) is 6.65. The van der Waals surface area contributed by atoms with Crippen molar-refractivity contribution in [2.24, 2.45) is 0 Å². The van der Waals surface area contributed by atoms with Crippen LogP contribution in [0.25, 0.3) is 0 Å². The fourth-order valence-corrected chi connectivity index (χ4v) is 3.76. The first-order valence-corrected chi connectivity index (χ1v) is 10.2. The van der Waals surface area contributed by atoms with Crippen LogP contribution in [-0.2, 0) is 19.5 Å². The highest BCUT2D eigenvalue weighted by atomic mass is 32.1. The predicted octanol–water partition coefficient (Wildman–Crippen LogP) is 3.30. The summed E-state index contributed by atoms with van der Waals surface area (Å²) < 4.78 is 0. The van der Waals surface area contributed by atoms with Crippen LogP contribution in [-0.4, -0.2) is 18.2 Å². The minimum Gasteiger partial charge on any atom is -0.358 e. The lowest BCUT2D eigenvalue weighted by atomic mass is 10.0. The molecule has 26 heavy (non-hydrogen) atoms. The highest BCUT2D eigenvalue weighted by Crippen LogP contribution is 2.11. The molecule has 1 heterocycles. The van der Waals surface area contributed by atoms with Gasteiger partial charge in [0.25, 0.3) is 0 Å². The third-order valence-electron chi connectivity index (χ3n) is 5.18. The number of nitrogens with one attached hydrogen (secondary N) is 3. The molecule has 0 spiro atoms. The molecule has 138 valence electrons. The van der Waals surface area contributed by atoms with Crippen LogP contribution in [0.4, 0.5) is 5.69 Å². The monoisotopic (exact) mass is 368 g/mol. The van der Waals surface area contributed by atoms with E-state index in [0.717, 1.165) is 25.2 Å². The van der Waals surface area contributed by atoms with Crippen molar-refractivity contribution >= 4 is 23.0 Å². The van der Waals surface area contributed by atoms with Gasteiger partial charge in [-0.05, 0) is 61.2 Å². The summed E-state index contributed by atoms with van der Waals surface area (Å²) in [5.41, 5.74) is 5.15. The molecule has 0 saturated carbocycles. The molecule has 3 rings (SSSR count). The number of rotatable bonds is 6. The Hall–Kier alpha value is -1.91. The van der Waals surface area contributed by atoms with Gasteiger partial charge in [0.15, 0.2) is 5.11 Å². The molecule has 0 unspecified atom stereocenters. The van der Waals surface area contributed by atoms with E-state index in [0.29, 0.717) is 5.11 Å². The summed E-state index contributed by atoms with van der Waals surface area (Å²) in [6, 6.07) is 17.2. The molecule has 0 atom stereocenters. The van der Waals surface area contributed by atoms with Crippen molar-refractivity contribution in [3.05, 3.63) is 65.2 Å². The van der Waals surface area contributed by atoms with Crippen LogP contribution >= 0.6 is 12.2 Å². The van der Waals surface area contributed by atoms with E-state index in [2.05, 4.69) is 66.1 Å². The lowest BCUT2D eigenvalue weighted by Crippen LogP contribution is -3.11. The Morgan fingerprint density at radius 3 is 2.35 bits per heavy atom. The summed E-state index contributed by atoms with van der Waals surface area (Å²) in [6.07, 6.45) is 5.17. The second-order valence-corrected chi connectivity index (χ2v) is 7.52. The molecule has 1 aliphatic heterocycles. The molecule has 0 bridgehead atoms. The lowest BCUT2D eigenvalue weighted by Gasteiger charge is -2.24. The van der Waals surface area contributed by atoms with Crippen molar-refractivity contribution in [1.29, 1.82) is 0 Å². The van der Waals surface area contributed by atoms with E-state index in [1.54, 1.807) is 4.90 Å². The summed E-state index contributed by atoms with van der Waals surface area (Å²) in [5.74, 6) is 0. The van der Waals surface area contributed by atoms with E-state index in [4.69, 9.17) is 12.2 Å². The second kappa shape index (κ2) is 9.70. The number of aryl methyl sites for hydroxylation is 1. The Morgan fingerprint density at radius 2 is 1.65 bits per heavy atom. The molecule has 0 aliphatic carbocycles. The molecule has 1 aliphatic rings. The van der Waals surface area contributed by atoms with Gasteiger partial charge in [0.2, 0.25) is 0 Å². The van der Waals surface area contributed by atoms with Gasteiger partial charge in [-0.1, -0.05) is 43.3 Å². The van der Waals surface area contributed by atoms with Crippen molar-refractivity contribution in [2.75, 3.05) is 18.4 Å². The summed E-state index contributed by atoms with van der Waals surface area (Å²) in [5, 5.41) is 7.32. The van der Waals surface area contributed by atoms with Gasteiger partial charge < -0.3 is 15.5 Å². The third-order valence-corrected chi connectivity index (χ3v) is 5.43. The molecule has 4 heteroatoms. The molecule has 3 N–H and O–H groups in total. The fraction of sp³-hybridized carbons (Fsp3) is 0.409. The zero-order chi connectivity index (χ0) is 18.2. The Bertz CT molecular complexity index is 706. The van der Waals surface area contributed by atoms with E-state index in [1.807, 2.05) is 0 Å². The molecular weight excluding hydrogens is 338 g/mol. The SMILES string of the molecule is CCc1ccc(NC(=S)NCc2ccccc2C[NH+]2CCCCC2)cc1. The molecule has 0 radical (unpaired) electrons. The number of benzene rings is 2. The van der Waals surface area contributed by atoms with Crippen LogP contribution in [0, 0.1) is 0 Å². The van der Waals surface area contributed by atoms with Crippen LogP contribution in [0.5, 0.6) is 0 Å². The van der Waals surface area contributed by atoms with Crippen LogP contribution < -0.4 is 15.5 Å². The summed E-state index contributed by atoms with van der Waals surface area (Å²) in [7, 11) is 0. The van der Waals surface area contributed by atoms with Crippen LogP contribution in [0.3, 0.4) is 0 Å². The number of hydrogen-bond donors (Lipinski definition) is 3. The van der Waals surface area contributed by atoms with Gasteiger partial charge in [0, 0.05) is 17.8 Å². The maximum absolute atomic E-state index is 5.47. The van der Waals surface area contributed by atoms with Gasteiger partial charge >= 0.3 is 0 Å². The zero-order valence-electron chi connectivity index (χ0n) is 15.7. The van der Waals surface area contributed by atoms with Crippen molar-refractivity contribution in [2.45, 2.75) is 45.7 Å². The van der Waals surface area contributed by atoms with E-state index in [9.17, 15) is 0 Å². The first kappa shape index (κ1) is 18.9. The Balaban J connectivity index is 1.54. The molecule has 0 aromatic heterocycles. The predicted molar refractivity (Wildman–Crippen MR) is 114 cm³/mol. The highest BCUT2D eigenvalue weighted by Gasteiger charge is 2.15. The van der Waals surface area contributed by atoms with Gasteiger partial charge in [-0.3, -0.25) is 0 Å². The first-order valence-electron chi connectivity index (χ1n) is 9.78. The van der Waals surface area contributed by atoms with Crippen LogP contribution in [0.1, 0.15) is 42.9 Å². The van der Waals surface area contributed by atoms with Gasteiger partial charge in [-0.15, -0.1) is 0 Å². The fourth-order valence-electron chi connectivity index (χ4n) is 3.57. The third kappa shape index (κ3) is 5.55. The van der Waals surface area contributed by atoms with Gasteiger partial charge in [0.1, 0.15) is 6.54 Å². The topological polar surface area (TPSA) is 28.5 Å². The maximum Gasteiger partial charge on any atom is 0.171 e. The number of quaternary nitrogens is 1. The number of likely N-dealkylation sites (tertiary alicyclic amines) is 1. The largest absolute Gasteiger partial charge is 0.358 e. The zero-order valence-corrected chi connectivity index (χ0v) is 16.5. The number of thiocarbonyl (C=S) groups is 1. The smallest absolute Gasteiger partial charge is 0.171 e. The standard InChI is InChI=1S/C22H29N3S/c1-2-18-10-12-21(13-11-18)24-22(26)23-16-19-8-4-5-9-20(19)17-25-14-6-3-7-15-25/h4-5,8-13H,2-3,6-7,14-17H2,1H3,(H2,23,24,26)/p+1.